The van der Waals surface area contributed by atoms with Gasteiger partial charge in [-0.15, -0.1) is 0 Å². The number of sulfone groups is 1. The Bertz CT molecular complexity index is 579. The van der Waals surface area contributed by atoms with Crippen molar-refractivity contribution < 1.29 is 13.3 Å². The summed E-state index contributed by atoms with van der Waals surface area (Å²) in [7, 11) is -3.43. The van der Waals surface area contributed by atoms with Gasteiger partial charge in [0.1, 0.15) is 5.69 Å². The number of hydrogen-bond acceptors (Lipinski definition) is 5. The molecule has 0 amide bonds. The third-order valence-electron chi connectivity index (χ3n) is 2.87. The van der Waals surface area contributed by atoms with Gasteiger partial charge in [-0.1, -0.05) is 0 Å². The summed E-state index contributed by atoms with van der Waals surface area (Å²) in [6, 6.07) is 3.94. The van der Waals surface area contributed by atoms with Crippen LogP contribution >= 0.6 is 0 Å². The van der Waals surface area contributed by atoms with Crippen LogP contribution in [-0.2, 0) is 9.84 Å². The fourth-order valence-corrected chi connectivity index (χ4v) is 2.26. The lowest BCUT2D eigenvalue weighted by molar-refractivity contribution is -0.384. The van der Waals surface area contributed by atoms with Crippen LogP contribution in [0, 0.1) is 16.0 Å². The van der Waals surface area contributed by atoms with Crippen LogP contribution in [0.4, 0.5) is 11.4 Å². The van der Waals surface area contributed by atoms with E-state index < -0.39 is 14.8 Å². The van der Waals surface area contributed by atoms with E-state index in [-0.39, 0.29) is 10.6 Å². The first-order chi connectivity index (χ1) is 8.38. The van der Waals surface area contributed by atoms with Gasteiger partial charge in [0.25, 0.3) is 5.69 Å². The average Bonchev–Trinajstić information content (AvgIpc) is 3.08. The van der Waals surface area contributed by atoms with E-state index in [2.05, 4.69) is 5.32 Å². The van der Waals surface area contributed by atoms with Gasteiger partial charge in [-0.05, 0) is 30.9 Å². The minimum absolute atomic E-state index is 0.0360. The second-order valence-corrected chi connectivity index (χ2v) is 6.55. The van der Waals surface area contributed by atoms with Gasteiger partial charge >= 0.3 is 0 Å². The monoisotopic (exact) mass is 270 g/mol. The predicted molar refractivity (Wildman–Crippen MR) is 67.4 cm³/mol. The minimum Gasteiger partial charge on any atom is -0.379 e. The number of nitrogens with one attached hydrogen (secondary N) is 1. The third kappa shape index (κ3) is 2.98. The van der Waals surface area contributed by atoms with Crippen molar-refractivity contribution in [3.8, 4) is 0 Å². The Labute approximate surface area is 105 Å². The molecule has 18 heavy (non-hydrogen) atoms. The fourth-order valence-electron chi connectivity index (χ4n) is 1.62. The van der Waals surface area contributed by atoms with E-state index in [0.717, 1.165) is 25.2 Å². The summed E-state index contributed by atoms with van der Waals surface area (Å²) in [5.74, 6) is 0.583. The van der Waals surface area contributed by atoms with Crippen molar-refractivity contribution in [2.45, 2.75) is 17.7 Å². The van der Waals surface area contributed by atoms with Gasteiger partial charge in [0.15, 0.2) is 9.84 Å². The van der Waals surface area contributed by atoms with E-state index in [1.165, 1.54) is 12.1 Å². The molecule has 1 N–H and O–H groups in total. The average molecular weight is 270 g/mol. The summed E-state index contributed by atoms with van der Waals surface area (Å²) in [6.07, 6.45) is 3.31. The van der Waals surface area contributed by atoms with Gasteiger partial charge in [-0.2, -0.15) is 0 Å². The molecule has 0 heterocycles. The molecule has 1 saturated carbocycles. The molecule has 1 aromatic rings. The molecule has 1 aromatic carbocycles. The predicted octanol–water partition coefficient (Wildman–Crippen LogP) is 1.82. The van der Waals surface area contributed by atoms with Crippen LogP contribution in [0.5, 0.6) is 0 Å². The molecule has 0 bridgehead atoms. The molecule has 2 rings (SSSR count). The molecule has 0 aromatic heterocycles. The maximum atomic E-state index is 11.4. The van der Waals surface area contributed by atoms with Crippen LogP contribution in [0.3, 0.4) is 0 Å². The second kappa shape index (κ2) is 4.56. The fraction of sp³-hybridized carbons (Fsp3) is 0.455. The van der Waals surface area contributed by atoms with Crippen LogP contribution in [-0.4, -0.2) is 26.1 Å². The van der Waals surface area contributed by atoms with Crippen molar-refractivity contribution in [1.29, 1.82) is 0 Å². The summed E-state index contributed by atoms with van der Waals surface area (Å²) in [5, 5.41) is 13.9. The number of rotatable bonds is 5. The van der Waals surface area contributed by atoms with E-state index >= 15 is 0 Å². The quantitative estimate of drug-likeness (QED) is 0.651. The zero-order valence-corrected chi connectivity index (χ0v) is 10.7. The lowest BCUT2D eigenvalue weighted by atomic mass is 10.2. The maximum Gasteiger partial charge on any atom is 0.293 e. The highest BCUT2D eigenvalue weighted by Crippen LogP contribution is 2.32. The number of nitro benzene ring substituents is 1. The van der Waals surface area contributed by atoms with Crippen molar-refractivity contribution in [2.24, 2.45) is 5.92 Å². The summed E-state index contributed by atoms with van der Waals surface area (Å²) < 4.78 is 22.7. The van der Waals surface area contributed by atoms with Gasteiger partial charge in [0, 0.05) is 18.9 Å². The Morgan fingerprint density at radius 2 is 2.11 bits per heavy atom. The molecule has 0 spiro atoms. The Morgan fingerprint density at radius 1 is 1.44 bits per heavy atom. The molecular weight excluding hydrogens is 256 g/mol. The summed E-state index contributed by atoms with van der Waals surface area (Å²) in [4.78, 5) is 10.3. The van der Waals surface area contributed by atoms with Crippen molar-refractivity contribution >= 4 is 21.2 Å². The molecule has 1 aliphatic rings. The van der Waals surface area contributed by atoms with Crippen molar-refractivity contribution in [3.63, 3.8) is 0 Å². The first-order valence-electron chi connectivity index (χ1n) is 5.60. The van der Waals surface area contributed by atoms with Crippen LogP contribution in [0.25, 0.3) is 0 Å². The Morgan fingerprint density at radius 3 is 2.61 bits per heavy atom. The Balaban J connectivity index is 2.31. The minimum atomic E-state index is -3.43. The van der Waals surface area contributed by atoms with Gasteiger partial charge in [0.05, 0.1) is 9.82 Å². The lowest BCUT2D eigenvalue weighted by Gasteiger charge is -2.07. The van der Waals surface area contributed by atoms with Crippen molar-refractivity contribution in [2.75, 3.05) is 18.1 Å². The molecule has 0 atom stereocenters. The molecule has 6 nitrogen and oxygen atoms in total. The van der Waals surface area contributed by atoms with E-state index in [4.69, 9.17) is 0 Å². The van der Waals surface area contributed by atoms with Crippen LogP contribution in [0.2, 0.25) is 0 Å². The van der Waals surface area contributed by atoms with Gasteiger partial charge in [-0.3, -0.25) is 10.1 Å². The molecular formula is C11H14N2O4S. The molecule has 0 aliphatic heterocycles. The Hall–Kier alpha value is -1.63. The number of nitrogens with zero attached hydrogens (tertiary/aromatic N) is 1. The SMILES string of the molecule is CS(=O)(=O)c1ccc(NCC2CC2)c([N+](=O)[O-])c1. The summed E-state index contributed by atoms with van der Waals surface area (Å²) in [6.45, 7) is 0.694. The number of nitro groups is 1. The zero-order chi connectivity index (χ0) is 13.3. The maximum absolute atomic E-state index is 11.4. The number of anilines is 1. The van der Waals surface area contributed by atoms with Crippen LogP contribution < -0.4 is 5.32 Å². The smallest absolute Gasteiger partial charge is 0.293 e. The Kier molecular flexibility index (Phi) is 3.25. The van der Waals surface area contributed by atoms with Gasteiger partial charge < -0.3 is 5.32 Å². The third-order valence-corrected chi connectivity index (χ3v) is 3.98. The van der Waals surface area contributed by atoms with E-state index in [0.29, 0.717) is 18.2 Å². The standard InChI is InChI=1S/C11H14N2O4S/c1-18(16,17)9-4-5-10(11(6-9)13(14)15)12-7-8-2-3-8/h4-6,8,12H,2-3,7H2,1H3. The second-order valence-electron chi connectivity index (χ2n) is 4.53. The first kappa shape index (κ1) is 12.8. The highest BCUT2D eigenvalue weighted by atomic mass is 32.2. The topological polar surface area (TPSA) is 89.3 Å². The molecule has 0 unspecified atom stereocenters. The molecule has 98 valence electrons. The zero-order valence-electron chi connectivity index (χ0n) is 9.92. The highest BCUT2D eigenvalue weighted by Gasteiger charge is 2.23. The normalized spacial score (nSPS) is 15.4. The molecule has 0 radical (unpaired) electrons. The molecule has 0 saturated heterocycles. The van der Waals surface area contributed by atoms with Crippen molar-refractivity contribution in [3.05, 3.63) is 28.3 Å². The van der Waals surface area contributed by atoms with E-state index in [1.807, 2.05) is 0 Å². The van der Waals surface area contributed by atoms with Crippen molar-refractivity contribution in [1.82, 2.24) is 0 Å². The molecule has 7 heteroatoms. The van der Waals surface area contributed by atoms with E-state index in [1.54, 1.807) is 0 Å². The highest BCUT2D eigenvalue weighted by molar-refractivity contribution is 7.90. The van der Waals surface area contributed by atoms with Crippen LogP contribution in [0.15, 0.2) is 23.1 Å². The van der Waals surface area contributed by atoms with Gasteiger partial charge in [0.2, 0.25) is 0 Å². The van der Waals surface area contributed by atoms with E-state index in [9.17, 15) is 18.5 Å². The number of benzene rings is 1. The largest absolute Gasteiger partial charge is 0.379 e. The number of hydrogen-bond donors (Lipinski definition) is 1. The summed E-state index contributed by atoms with van der Waals surface area (Å²) >= 11 is 0. The first-order valence-corrected chi connectivity index (χ1v) is 7.49. The van der Waals surface area contributed by atoms with Crippen LogP contribution in [0.1, 0.15) is 12.8 Å². The molecule has 1 aliphatic carbocycles. The lowest BCUT2D eigenvalue weighted by Crippen LogP contribution is -2.07. The van der Waals surface area contributed by atoms with Gasteiger partial charge in [-0.25, -0.2) is 8.42 Å². The molecule has 1 fully saturated rings. The summed E-state index contributed by atoms with van der Waals surface area (Å²) in [5.41, 5.74) is 0.179.